The van der Waals surface area contributed by atoms with Crippen LogP contribution in [-0.2, 0) is 4.79 Å². The molecule has 1 aromatic carbocycles. The number of nitro benzene ring substituents is 1. The Labute approximate surface area is 122 Å². The van der Waals surface area contributed by atoms with Crippen molar-refractivity contribution in [2.45, 2.75) is 25.8 Å². The highest BCUT2D eigenvalue weighted by atomic mass is 16.6. The van der Waals surface area contributed by atoms with E-state index in [0.29, 0.717) is 12.2 Å². The SMILES string of the molecule is CC1CCC(C(N)=O)CN1c1ccc([N+](=O)[O-])cc1C#N. The number of benzene rings is 1. The molecule has 0 aliphatic carbocycles. The second kappa shape index (κ2) is 5.79. The number of nitrogens with two attached hydrogens (primary N) is 1. The summed E-state index contributed by atoms with van der Waals surface area (Å²) in [5.41, 5.74) is 6.10. The molecule has 1 aliphatic heterocycles. The van der Waals surface area contributed by atoms with Crippen molar-refractivity contribution in [3.8, 4) is 6.07 Å². The topological polar surface area (TPSA) is 113 Å². The van der Waals surface area contributed by atoms with Gasteiger partial charge in [0.1, 0.15) is 6.07 Å². The van der Waals surface area contributed by atoms with Gasteiger partial charge < -0.3 is 10.6 Å². The van der Waals surface area contributed by atoms with Gasteiger partial charge in [-0.2, -0.15) is 5.26 Å². The predicted octanol–water partition coefficient (Wildman–Crippen LogP) is 1.56. The quantitative estimate of drug-likeness (QED) is 0.669. The molecule has 0 saturated carbocycles. The molecule has 1 saturated heterocycles. The van der Waals surface area contributed by atoms with E-state index < -0.39 is 4.92 Å². The number of nitriles is 1. The number of carbonyl (C=O) groups excluding carboxylic acids is 1. The van der Waals surface area contributed by atoms with Crippen molar-refractivity contribution < 1.29 is 9.72 Å². The summed E-state index contributed by atoms with van der Waals surface area (Å²) in [5, 5.41) is 20.0. The summed E-state index contributed by atoms with van der Waals surface area (Å²) in [6.45, 7) is 2.43. The van der Waals surface area contributed by atoms with Gasteiger partial charge in [0.15, 0.2) is 0 Å². The van der Waals surface area contributed by atoms with Gasteiger partial charge >= 0.3 is 0 Å². The number of piperidine rings is 1. The van der Waals surface area contributed by atoms with Gasteiger partial charge in [0, 0.05) is 24.7 Å². The van der Waals surface area contributed by atoms with Crippen LogP contribution in [0.1, 0.15) is 25.3 Å². The minimum absolute atomic E-state index is 0.119. The Morgan fingerprint density at radius 3 is 2.81 bits per heavy atom. The molecule has 7 nitrogen and oxygen atoms in total. The van der Waals surface area contributed by atoms with Crippen LogP contribution in [0.15, 0.2) is 18.2 Å². The normalized spacial score (nSPS) is 21.6. The number of hydrogen-bond acceptors (Lipinski definition) is 5. The van der Waals surface area contributed by atoms with Crippen LogP contribution in [0.3, 0.4) is 0 Å². The van der Waals surface area contributed by atoms with Gasteiger partial charge in [0.25, 0.3) is 5.69 Å². The average molecular weight is 288 g/mol. The molecular formula is C14H16N4O3. The molecule has 1 heterocycles. The maximum Gasteiger partial charge on any atom is 0.270 e. The van der Waals surface area contributed by atoms with Crippen LogP contribution in [0.25, 0.3) is 0 Å². The van der Waals surface area contributed by atoms with Crippen LogP contribution in [0.5, 0.6) is 0 Å². The summed E-state index contributed by atoms with van der Waals surface area (Å²) < 4.78 is 0. The van der Waals surface area contributed by atoms with E-state index in [1.807, 2.05) is 17.9 Å². The molecule has 0 spiro atoms. The molecule has 1 fully saturated rings. The third kappa shape index (κ3) is 2.94. The minimum Gasteiger partial charge on any atom is -0.369 e. The van der Waals surface area contributed by atoms with Gasteiger partial charge in [-0.15, -0.1) is 0 Å². The lowest BCUT2D eigenvalue weighted by Gasteiger charge is -2.39. The van der Waals surface area contributed by atoms with Gasteiger partial charge in [0.2, 0.25) is 5.91 Å². The van der Waals surface area contributed by atoms with E-state index in [0.717, 1.165) is 12.8 Å². The molecule has 2 N–H and O–H groups in total. The first kappa shape index (κ1) is 14.8. The summed E-state index contributed by atoms with van der Waals surface area (Å²) >= 11 is 0. The maximum atomic E-state index is 11.4. The zero-order chi connectivity index (χ0) is 15.6. The summed E-state index contributed by atoms with van der Waals surface area (Å²) in [4.78, 5) is 23.6. The highest BCUT2D eigenvalue weighted by Gasteiger charge is 2.30. The summed E-state index contributed by atoms with van der Waals surface area (Å²) in [7, 11) is 0. The van der Waals surface area contributed by atoms with E-state index in [-0.39, 0.29) is 29.1 Å². The monoisotopic (exact) mass is 288 g/mol. The highest BCUT2D eigenvalue weighted by molar-refractivity contribution is 5.78. The Hall–Kier alpha value is -2.62. The number of rotatable bonds is 3. The van der Waals surface area contributed by atoms with Gasteiger partial charge in [0.05, 0.1) is 22.1 Å². The Balaban J connectivity index is 2.37. The van der Waals surface area contributed by atoms with Crippen LogP contribution >= 0.6 is 0 Å². The van der Waals surface area contributed by atoms with E-state index in [9.17, 15) is 20.2 Å². The maximum absolute atomic E-state index is 11.4. The minimum atomic E-state index is -0.531. The van der Waals surface area contributed by atoms with Crippen LogP contribution in [0, 0.1) is 27.4 Å². The first-order chi connectivity index (χ1) is 9.93. The van der Waals surface area contributed by atoms with Crippen LogP contribution in [0.2, 0.25) is 0 Å². The first-order valence-electron chi connectivity index (χ1n) is 6.68. The van der Waals surface area contributed by atoms with Crippen LogP contribution in [-0.4, -0.2) is 23.4 Å². The molecule has 2 unspecified atom stereocenters. The van der Waals surface area contributed by atoms with Gasteiger partial charge in [-0.1, -0.05) is 0 Å². The molecule has 1 amide bonds. The number of amides is 1. The van der Waals surface area contributed by atoms with E-state index in [1.165, 1.54) is 12.1 Å². The van der Waals surface area contributed by atoms with Crippen molar-refractivity contribution >= 4 is 17.3 Å². The van der Waals surface area contributed by atoms with Crippen molar-refractivity contribution in [1.29, 1.82) is 5.26 Å². The van der Waals surface area contributed by atoms with Crippen molar-refractivity contribution in [3.05, 3.63) is 33.9 Å². The van der Waals surface area contributed by atoms with E-state index in [2.05, 4.69) is 0 Å². The number of primary amides is 1. The molecule has 1 aromatic rings. The Kier molecular flexibility index (Phi) is 4.08. The molecule has 0 aromatic heterocycles. The molecule has 0 radical (unpaired) electrons. The highest BCUT2D eigenvalue weighted by Crippen LogP contribution is 2.31. The number of hydrogen-bond donors (Lipinski definition) is 1. The Morgan fingerprint density at radius 1 is 1.52 bits per heavy atom. The molecule has 7 heteroatoms. The number of nitrogens with zero attached hydrogens (tertiary/aromatic N) is 3. The third-order valence-electron chi connectivity index (χ3n) is 3.91. The zero-order valence-corrected chi connectivity index (χ0v) is 11.7. The van der Waals surface area contributed by atoms with Crippen LogP contribution < -0.4 is 10.6 Å². The first-order valence-corrected chi connectivity index (χ1v) is 6.68. The molecule has 21 heavy (non-hydrogen) atoms. The van der Waals surface area contributed by atoms with Crippen molar-refractivity contribution in [2.24, 2.45) is 11.7 Å². The lowest BCUT2D eigenvalue weighted by Crippen LogP contribution is -2.46. The predicted molar refractivity (Wildman–Crippen MR) is 76.5 cm³/mol. The van der Waals surface area contributed by atoms with Crippen molar-refractivity contribution in [3.63, 3.8) is 0 Å². The average Bonchev–Trinajstić information content (AvgIpc) is 2.46. The van der Waals surface area contributed by atoms with Crippen LogP contribution in [0.4, 0.5) is 11.4 Å². The second-order valence-electron chi connectivity index (χ2n) is 5.25. The van der Waals surface area contributed by atoms with E-state index in [1.54, 1.807) is 6.07 Å². The second-order valence-corrected chi connectivity index (χ2v) is 5.25. The Bertz CT molecular complexity index is 623. The Morgan fingerprint density at radius 2 is 2.24 bits per heavy atom. The molecule has 110 valence electrons. The lowest BCUT2D eigenvalue weighted by molar-refractivity contribution is -0.384. The number of nitro groups is 1. The number of anilines is 1. The fourth-order valence-corrected chi connectivity index (χ4v) is 2.65. The lowest BCUT2D eigenvalue weighted by atomic mass is 9.92. The van der Waals surface area contributed by atoms with Crippen molar-refractivity contribution in [2.75, 3.05) is 11.4 Å². The molecule has 2 rings (SSSR count). The summed E-state index contributed by atoms with van der Waals surface area (Å²) in [6.07, 6.45) is 1.51. The van der Waals surface area contributed by atoms with E-state index >= 15 is 0 Å². The summed E-state index contributed by atoms with van der Waals surface area (Å²) in [5.74, 6) is -0.616. The molecular weight excluding hydrogens is 272 g/mol. The van der Waals surface area contributed by atoms with Gasteiger partial charge in [-0.25, -0.2) is 0 Å². The standard InChI is InChI=1S/C14H16N4O3/c1-9-2-3-10(14(16)19)8-17(9)13-5-4-12(18(20)21)6-11(13)7-15/h4-6,9-10H,2-3,8H2,1H3,(H2,16,19). The number of non-ortho nitro benzene ring substituents is 1. The van der Waals surface area contributed by atoms with Crippen molar-refractivity contribution in [1.82, 2.24) is 0 Å². The van der Waals surface area contributed by atoms with E-state index in [4.69, 9.17) is 5.73 Å². The number of carbonyl (C=O) groups is 1. The third-order valence-corrected chi connectivity index (χ3v) is 3.91. The van der Waals surface area contributed by atoms with Gasteiger partial charge in [-0.05, 0) is 25.8 Å². The fraction of sp³-hybridized carbons (Fsp3) is 0.429. The molecule has 0 bridgehead atoms. The largest absolute Gasteiger partial charge is 0.369 e. The smallest absolute Gasteiger partial charge is 0.270 e. The summed E-state index contributed by atoms with van der Waals surface area (Å²) in [6, 6.07) is 6.34. The van der Waals surface area contributed by atoms with Gasteiger partial charge in [-0.3, -0.25) is 14.9 Å². The fourth-order valence-electron chi connectivity index (χ4n) is 2.65. The zero-order valence-electron chi connectivity index (χ0n) is 11.7. The molecule has 2 atom stereocenters. The molecule has 1 aliphatic rings.